The van der Waals surface area contributed by atoms with Crippen LogP contribution >= 0.6 is 11.6 Å². The molecule has 9 nitrogen and oxygen atoms in total. The number of fused-ring (bicyclic) bond motifs is 2. The Kier molecular flexibility index (Phi) is 7.92. The molecule has 1 saturated heterocycles. The molecule has 0 saturated carbocycles. The van der Waals surface area contributed by atoms with Crippen LogP contribution in [-0.2, 0) is 29.1 Å². The van der Waals surface area contributed by atoms with E-state index in [2.05, 4.69) is 15.3 Å². The second-order valence-electron chi connectivity index (χ2n) is 10.9. The fourth-order valence-corrected chi connectivity index (χ4v) is 6.36. The third kappa shape index (κ3) is 5.54. The number of hydrogen-bond acceptors (Lipinski definition) is 7. The average molecular weight is 576 g/mol. The number of nitrogens with one attached hydrogen (secondary N) is 1. The number of aromatic nitrogens is 2. The van der Waals surface area contributed by atoms with Crippen molar-refractivity contribution in [2.45, 2.75) is 57.8 Å². The molecule has 0 aliphatic carbocycles. The van der Waals surface area contributed by atoms with Gasteiger partial charge in [0.2, 0.25) is 11.9 Å². The first-order valence-electron chi connectivity index (χ1n) is 14.2. The first kappa shape index (κ1) is 27.6. The molecule has 3 aliphatic rings. The third-order valence-electron chi connectivity index (χ3n) is 8.48. The molecule has 41 heavy (non-hydrogen) atoms. The number of halogens is 1. The first-order chi connectivity index (χ1) is 19.9. The molecule has 0 unspecified atom stereocenters. The standard InChI is InChI=1S/C31H34ClN5O4/c1-19-24-4-2-3-22(18-38)25(24)7-12-37(19)28(39)8-11-36-17-21-6-5-20(15-26(21)30(36)40)29-27(32)16-33-31(35-29)34-23-9-13-41-14-10-23/h2-6,15-16,19,23,38H,7-14,17-18H2,1H3,(H,33,34,35)/t19-/m0/s1. The third-order valence-corrected chi connectivity index (χ3v) is 8.75. The number of carbonyl (C=O) groups is 2. The van der Waals surface area contributed by atoms with E-state index in [1.54, 1.807) is 11.1 Å². The van der Waals surface area contributed by atoms with Gasteiger partial charge in [0.15, 0.2) is 0 Å². The highest BCUT2D eigenvalue weighted by Gasteiger charge is 2.32. The average Bonchev–Trinajstić information content (AvgIpc) is 3.31. The van der Waals surface area contributed by atoms with Gasteiger partial charge in [-0.15, -0.1) is 0 Å². The van der Waals surface area contributed by atoms with Gasteiger partial charge in [0.25, 0.3) is 5.91 Å². The predicted octanol–water partition coefficient (Wildman–Crippen LogP) is 4.37. The summed E-state index contributed by atoms with van der Waals surface area (Å²) in [5.74, 6) is 0.440. The molecule has 0 spiro atoms. The SMILES string of the molecule is C[C@H]1c2cccc(CO)c2CCN1C(=O)CCN1Cc2ccc(-c3nc(NC4CCOCC4)ncc3Cl)cc2C1=O. The highest BCUT2D eigenvalue weighted by Crippen LogP contribution is 2.34. The van der Waals surface area contributed by atoms with E-state index in [9.17, 15) is 14.7 Å². The lowest BCUT2D eigenvalue weighted by Gasteiger charge is -2.36. The van der Waals surface area contributed by atoms with Gasteiger partial charge in [-0.3, -0.25) is 9.59 Å². The molecule has 4 heterocycles. The van der Waals surface area contributed by atoms with E-state index in [-0.39, 0.29) is 36.9 Å². The number of anilines is 1. The molecule has 214 valence electrons. The zero-order chi connectivity index (χ0) is 28.5. The number of amides is 2. The summed E-state index contributed by atoms with van der Waals surface area (Å²) in [6, 6.07) is 11.8. The summed E-state index contributed by atoms with van der Waals surface area (Å²) in [6.07, 6.45) is 4.34. The number of rotatable bonds is 7. The number of carbonyl (C=O) groups excluding carboxylic acids is 2. The lowest BCUT2D eigenvalue weighted by molar-refractivity contribution is -0.134. The van der Waals surface area contributed by atoms with E-state index >= 15 is 0 Å². The Hall–Kier alpha value is -3.53. The Morgan fingerprint density at radius 1 is 1.22 bits per heavy atom. The van der Waals surface area contributed by atoms with Gasteiger partial charge in [0, 0.05) is 56.4 Å². The minimum Gasteiger partial charge on any atom is -0.392 e. The van der Waals surface area contributed by atoms with Crippen molar-refractivity contribution >= 4 is 29.4 Å². The summed E-state index contributed by atoms with van der Waals surface area (Å²) in [6.45, 7) is 4.87. The van der Waals surface area contributed by atoms with Crippen LogP contribution < -0.4 is 5.32 Å². The van der Waals surface area contributed by atoms with Crippen LogP contribution in [0.2, 0.25) is 5.02 Å². The maximum absolute atomic E-state index is 13.4. The fourth-order valence-electron chi connectivity index (χ4n) is 6.16. The van der Waals surface area contributed by atoms with Crippen molar-refractivity contribution in [3.8, 4) is 11.3 Å². The molecule has 10 heteroatoms. The molecule has 1 atom stereocenters. The molecule has 2 amide bonds. The fraction of sp³-hybridized carbons (Fsp3) is 0.419. The van der Waals surface area contributed by atoms with Crippen LogP contribution in [0.5, 0.6) is 0 Å². The quantitative estimate of drug-likeness (QED) is 0.431. The van der Waals surface area contributed by atoms with Crippen LogP contribution in [0.25, 0.3) is 11.3 Å². The van der Waals surface area contributed by atoms with Crippen LogP contribution in [0.4, 0.5) is 5.95 Å². The molecule has 1 fully saturated rings. The summed E-state index contributed by atoms with van der Waals surface area (Å²) < 4.78 is 5.43. The Morgan fingerprint density at radius 3 is 2.85 bits per heavy atom. The number of aliphatic hydroxyl groups excluding tert-OH is 1. The Morgan fingerprint density at radius 2 is 2.05 bits per heavy atom. The minimum atomic E-state index is -0.0926. The topological polar surface area (TPSA) is 108 Å². The zero-order valence-electron chi connectivity index (χ0n) is 23.1. The Labute approximate surface area is 244 Å². The monoisotopic (exact) mass is 575 g/mol. The lowest BCUT2D eigenvalue weighted by Crippen LogP contribution is -2.40. The number of aliphatic hydroxyl groups is 1. The smallest absolute Gasteiger partial charge is 0.254 e. The van der Waals surface area contributed by atoms with Gasteiger partial charge in [-0.25, -0.2) is 9.97 Å². The lowest BCUT2D eigenvalue weighted by atomic mass is 9.89. The number of nitrogens with zero attached hydrogens (tertiary/aromatic N) is 4. The normalized spacial score (nSPS) is 18.8. The van der Waals surface area contributed by atoms with Crippen molar-refractivity contribution in [1.82, 2.24) is 19.8 Å². The Balaban J connectivity index is 1.12. The Bertz CT molecular complexity index is 1470. The first-order valence-corrected chi connectivity index (χ1v) is 14.6. The van der Waals surface area contributed by atoms with Crippen LogP contribution in [0.3, 0.4) is 0 Å². The predicted molar refractivity (Wildman–Crippen MR) is 155 cm³/mol. The summed E-state index contributed by atoms with van der Waals surface area (Å²) in [5, 5.41) is 13.5. The van der Waals surface area contributed by atoms with Gasteiger partial charge < -0.3 is 25.0 Å². The van der Waals surface area contributed by atoms with Gasteiger partial charge >= 0.3 is 0 Å². The number of benzene rings is 2. The highest BCUT2D eigenvalue weighted by molar-refractivity contribution is 6.33. The molecule has 3 aliphatic heterocycles. The second-order valence-corrected chi connectivity index (χ2v) is 11.3. The van der Waals surface area contributed by atoms with Crippen molar-refractivity contribution in [3.05, 3.63) is 75.4 Å². The van der Waals surface area contributed by atoms with Gasteiger partial charge in [0.1, 0.15) is 0 Å². The molecule has 6 rings (SSSR count). The largest absolute Gasteiger partial charge is 0.392 e. The summed E-state index contributed by atoms with van der Waals surface area (Å²) >= 11 is 6.49. The van der Waals surface area contributed by atoms with Crippen LogP contribution in [-0.4, -0.2) is 69.0 Å². The molecule has 2 N–H and O–H groups in total. The van der Waals surface area contributed by atoms with Crippen molar-refractivity contribution in [1.29, 1.82) is 0 Å². The van der Waals surface area contributed by atoms with E-state index in [0.717, 1.165) is 47.1 Å². The number of hydrogen-bond donors (Lipinski definition) is 2. The minimum absolute atomic E-state index is 0.000958. The van der Waals surface area contributed by atoms with Crippen LogP contribution in [0, 0.1) is 0 Å². The van der Waals surface area contributed by atoms with Crippen LogP contribution in [0.1, 0.15) is 64.8 Å². The summed E-state index contributed by atoms with van der Waals surface area (Å²) in [7, 11) is 0. The molecule has 0 bridgehead atoms. The van der Waals surface area contributed by atoms with Gasteiger partial charge in [-0.05, 0) is 54.5 Å². The summed E-state index contributed by atoms with van der Waals surface area (Å²) in [4.78, 5) is 39.3. The van der Waals surface area contributed by atoms with Crippen molar-refractivity contribution in [2.24, 2.45) is 0 Å². The van der Waals surface area contributed by atoms with Crippen LogP contribution in [0.15, 0.2) is 42.6 Å². The maximum Gasteiger partial charge on any atom is 0.254 e. The highest BCUT2D eigenvalue weighted by atomic mass is 35.5. The van der Waals surface area contributed by atoms with Crippen molar-refractivity contribution in [3.63, 3.8) is 0 Å². The van der Waals surface area contributed by atoms with Gasteiger partial charge in [-0.1, -0.05) is 41.9 Å². The summed E-state index contributed by atoms with van der Waals surface area (Å²) in [5.41, 5.74) is 6.01. The second kappa shape index (κ2) is 11.8. The molecular formula is C31H34ClN5O4. The van der Waals surface area contributed by atoms with Crippen molar-refractivity contribution < 1.29 is 19.4 Å². The van der Waals surface area contributed by atoms with E-state index < -0.39 is 0 Å². The molecule has 2 aromatic carbocycles. The van der Waals surface area contributed by atoms with Crippen molar-refractivity contribution in [2.75, 3.05) is 31.6 Å². The van der Waals surface area contributed by atoms with E-state index in [1.165, 1.54) is 0 Å². The molecule has 0 radical (unpaired) electrons. The van der Waals surface area contributed by atoms with E-state index in [4.69, 9.17) is 16.3 Å². The van der Waals surface area contributed by atoms with Gasteiger partial charge in [-0.2, -0.15) is 0 Å². The van der Waals surface area contributed by atoms with E-state index in [0.29, 0.717) is 55.1 Å². The molecule has 3 aromatic rings. The molecule has 1 aromatic heterocycles. The number of ether oxygens (including phenoxy) is 1. The van der Waals surface area contributed by atoms with Gasteiger partial charge in [0.05, 0.1) is 29.6 Å². The molecular weight excluding hydrogens is 542 g/mol. The maximum atomic E-state index is 13.4. The van der Waals surface area contributed by atoms with E-state index in [1.807, 2.05) is 48.2 Å². The zero-order valence-corrected chi connectivity index (χ0v) is 23.9.